The Balaban J connectivity index is 2.06. The fourth-order valence-corrected chi connectivity index (χ4v) is 5.32. The van der Waals surface area contributed by atoms with Crippen LogP contribution in [0.2, 0.25) is 0 Å². The summed E-state index contributed by atoms with van der Waals surface area (Å²) in [5.74, 6) is 0. The molecule has 2 aromatic rings. The molecule has 0 spiro atoms. The van der Waals surface area contributed by atoms with Crippen LogP contribution in [0.5, 0.6) is 0 Å². The van der Waals surface area contributed by atoms with Crippen LogP contribution in [-0.2, 0) is 14.8 Å². The summed E-state index contributed by atoms with van der Waals surface area (Å²) >= 11 is 1.51. The minimum absolute atomic E-state index is 0.327. The highest BCUT2D eigenvalue weighted by Gasteiger charge is 2.39. The highest BCUT2D eigenvalue weighted by atomic mass is 32.2. The maximum atomic E-state index is 12.9. The number of fused-ring (bicyclic) bond motifs is 1. The zero-order chi connectivity index (χ0) is 15.3. The largest absolute Gasteiger partial charge is 0.378 e. The molecule has 1 saturated heterocycles. The van der Waals surface area contributed by atoms with E-state index >= 15 is 0 Å². The predicted octanol–water partition coefficient (Wildman–Crippen LogP) is 2.40. The van der Waals surface area contributed by atoms with Gasteiger partial charge in [0.05, 0.1) is 38.9 Å². The van der Waals surface area contributed by atoms with Crippen LogP contribution in [0.15, 0.2) is 23.1 Å². The molecule has 21 heavy (non-hydrogen) atoms. The Morgan fingerprint density at radius 3 is 2.86 bits per heavy atom. The van der Waals surface area contributed by atoms with E-state index in [4.69, 9.17) is 4.74 Å². The molecule has 0 bridgehead atoms. The lowest BCUT2D eigenvalue weighted by Gasteiger charge is -2.40. The van der Waals surface area contributed by atoms with Gasteiger partial charge in [0.25, 0.3) is 0 Å². The van der Waals surface area contributed by atoms with Gasteiger partial charge in [0, 0.05) is 6.54 Å². The van der Waals surface area contributed by atoms with Crippen LogP contribution < -0.4 is 0 Å². The topological polar surface area (TPSA) is 59.5 Å². The van der Waals surface area contributed by atoms with Crippen molar-refractivity contribution >= 4 is 31.6 Å². The van der Waals surface area contributed by atoms with Crippen molar-refractivity contribution in [2.75, 3.05) is 19.8 Å². The van der Waals surface area contributed by atoms with Gasteiger partial charge in [-0.1, -0.05) is 0 Å². The molecule has 0 aliphatic carbocycles. The maximum Gasteiger partial charge on any atom is 0.243 e. The second-order valence-electron chi connectivity index (χ2n) is 5.80. The van der Waals surface area contributed by atoms with E-state index in [-0.39, 0.29) is 0 Å². The average Bonchev–Trinajstić information content (AvgIpc) is 2.76. The molecular weight excluding hydrogens is 308 g/mol. The second-order valence-corrected chi connectivity index (χ2v) is 8.90. The summed E-state index contributed by atoms with van der Waals surface area (Å²) in [4.78, 5) is 4.69. The van der Waals surface area contributed by atoms with Crippen molar-refractivity contribution in [3.8, 4) is 0 Å². The Morgan fingerprint density at radius 1 is 1.38 bits per heavy atom. The third-order valence-electron chi connectivity index (χ3n) is 3.62. The molecule has 1 aromatic carbocycles. The van der Waals surface area contributed by atoms with Crippen molar-refractivity contribution in [2.24, 2.45) is 0 Å². The molecule has 1 aliphatic heterocycles. The van der Waals surface area contributed by atoms with Gasteiger partial charge in [-0.2, -0.15) is 4.31 Å². The van der Waals surface area contributed by atoms with E-state index < -0.39 is 15.6 Å². The van der Waals surface area contributed by atoms with Gasteiger partial charge in [-0.05, 0) is 39.0 Å². The van der Waals surface area contributed by atoms with E-state index in [1.807, 2.05) is 20.8 Å². The fraction of sp³-hybridized carbons (Fsp3) is 0.500. The zero-order valence-electron chi connectivity index (χ0n) is 12.3. The third-order valence-corrected chi connectivity index (χ3v) is 6.66. The van der Waals surface area contributed by atoms with Gasteiger partial charge in [0.1, 0.15) is 0 Å². The van der Waals surface area contributed by atoms with E-state index in [9.17, 15) is 8.42 Å². The second kappa shape index (κ2) is 5.01. The van der Waals surface area contributed by atoms with Crippen LogP contribution in [0.1, 0.15) is 18.9 Å². The van der Waals surface area contributed by atoms with E-state index in [0.29, 0.717) is 24.7 Å². The van der Waals surface area contributed by atoms with Gasteiger partial charge in [0.15, 0.2) is 0 Å². The first-order valence-corrected chi connectivity index (χ1v) is 9.04. The van der Waals surface area contributed by atoms with Crippen molar-refractivity contribution in [1.82, 2.24) is 9.29 Å². The number of aryl methyl sites for hydroxylation is 1. The number of ether oxygens (including phenoxy) is 1. The molecule has 0 N–H and O–H groups in total. The smallest absolute Gasteiger partial charge is 0.243 e. The summed E-state index contributed by atoms with van der Waals surface area (Å²) in [6.45, 7) is 6.93. The van der Waals surface area contributed by atoms with Crippen LogP contribution in [0.25, 0.3) is 10.2 Å². The van der Waals surface area contributed by atoms with Gasteiger partial charge in [-0.25, -0.2) is 13.4 Å². The van der Waals surface area contributed by atoms with E-state index in [2.05, 4.69) is 4.98 Å². The molecule has 3 rings (SSSR count). The number of hydrogen-bond donors (Lipinski definition) is 0. The van der Waals surface area contributed by atoms with E-state index in [1.54, 1.807) is 22.5 Å². The molecule has 0 amide bonds. The monoisotopic (exact) mass is 326 g/mol. The molecule has 1 aliphatic rings. The number of hydrogen-bond acceptors (Lipinski definition) is 5. The van der Waals surface area contributed by atoms with Gasteiger partial charge in [-0.3, -0.25) is 0 Å². The molecule has 0 unspecified atom stereocenters. The fourth-order valence-electron chi connectivity index (χ4n) is 2.60. The summed E-state index contributed by atoms with van der Waals surface area (Å²) in [7, 11) is -3.52. The lowest BCUT2D eigenvalue weighted by molar-refractivity contribution is -0.00770. The Labute approximate surface area is 128 Å². The first-order chi connectivity index (χ1) is 9.80. The van der Waals surface area contributed by atoms with Crippen LogP contribution >= 0.6 is 11.3 Å². The first kappa shape index (κ1) is 14.9. The van der Waals surface area contributed by atoms with Crippen molar-refractivity contribution in [3.05, 3.63) is 23.2 Å². The quantitative estimate of drug-likeness (QED) is 0.850. The summed E-state index contributed by atoms with van der Waals surface area (Å²) in [5, 5.41) is 0.936. The highest BCUT2D eigenvalue weighted by molar-refractivity contribution is 7.89. The van der Waals surface area contributed by atoms with Crippen molar-refractivity contribution in [1.29, 1.82) is 0 Å². The van der Waals surface area contributed by atoms with Gasteiger partial charge in [-0.15, -0.1) is 11.3 Å². The Bertz CT molecular complexity index is 781. The Hall–Kier alpha value is -1.02. The molecule has 0 atom stereocenters. The molecule has 1 aromatic heterocycles. The highest BCUT2D eigenvalue weighted by Crippen LogP contribution is 2.30. The van der Waals surface area contributed by atoms with Gasteiger partial charge in [0.2, 0.25) is 10.0 Å². The van der Waals surface area contributed by atoms with Crippen LogP contribution in [0.4, 0.5) is 0 Å². The molecule has 0 radical (unpaired) electrons. The number of sulfonamides is 1. The lowest BCUT2D eigenvalue weighted by atomic mass is 10.1. The zero-order valence-corrected chi connectivity index (χ0v) is 13.9. The molecule has 7 heteroatoms. The number of morpholine rings is 1. The maximum absolute atomic E-state index is 12.9. The lowest BCUT2D eigenvalue weighted by Crippen LogP contribution is -2.55. The number of aromatic nitrogens is 1. The number of rotatable bonds is 2. The van der Waals surface area contributed by atoms with Crippen molar-refractivity contribution in [2.45, 2.75) is 31.2 Å². The number of thiazole rings is 1. The standard InChI is InChI=1S/C14H18N2O3S2/c1-10-15-12-5-4-11(8-13(12)20-10)21(17,18)16-6-7-19-9-14(16,2)3/h4-5,8H,6-7,9H2,1-3H3. The van der Waals surface area contributed by atoms with Crippen LogP contribution in [-0.4, -0.2) is 43.0 Å². The summed E-state index contributed by atoms with van der Waals surface area (Å²) in [6, 6.07) is 5.14. The Morgan fingerprint density at radius 2 is 2.14 bits per heavy atom. The summed E-state index contributed by atoms with van der Waals surface area (Å²) < 4.78 is 33.7. The van der Waals surface area contributed by atoms with Gasteiger partial charge >= 0.3 is 0 Å². The minimum Gasteiger partial charge on any atom is -0.378 e. The van der Waals surface area contributed by atoms with E-state index in [1.165, 1.54) is 11.3 Å². The number of benzene rings is 1. The van der Waals surface area contributed by atoms with E-state index in [0.717, 1.165) is 15.2 Å². The summed E-state index contributed by atoms with van der Waals surface area (Å²) in [5.41, 5.74) is 0.313. The first-order valence-electron chi connectivity index (χ1n) is 6.78. The molecule has 5 nitrogen and oxygen atoms in total. The average molecular weight is 326 g/mol. The predicted molar refractivity (Wildman–Crippen MR) is 83.1 cm³/mol. The normalized spacial score (nSPS) is 20.0. The molecule has 2 heterocycles. The summed E-state index contributed by atoms with van der Waals surface area (Å²) in [6.07, 6.45) is 0. The van der Waals surface area contributed by atoms with Crippen LogP contribution in [0.3, 0.4) is 0 Å². The third kappa shape index (κ3) is 2.59. The molecular formula is C14H18N2O3S2. The molecule has 1 fully saturated rings. The Kier molecular flexibility index (Phi) is 3.56. The van der Waals surface area contributed by atoms with Crippen molar-refractivity contribution < 1.29 is 13.2 Å². The molecule has 114 valence electrons. The molecule has 0 saturated carbocycles. The SMILES string of the molecule is Cc1nc2ccc(S(=O)(=O)N3CCOCC3(C)C)cc2s1. The van der Waals surface area contributed by atoms with Crippen LogP contribution in [0, 0.1) is 6.92 Å². The van der Waals surface area contributed by atoms with Gasteiger partial charge < -0.3 is 4.74 Å². The number of nitrogens with zero attached hydrogens (tertiary/aromatic N) is 2. The minimum atomic E-state index is -3.52. The van der Waals surface area contributed by atoms with Crippen molar-refractivity contribution in [3.63, 3.8) is 0 Å².